The predicted molar refractivity (Wildman–Crippen MR) is 79.2 cm³/mol. The molecular weight excluding hydrogens is 458 g/mol. The molecule has 1 nitrogen and oxygen atoms in total. The van der Waals surface area contributed by atoms with Gasteiger partial charge in [0.1, 0.15) is 0 Å². The van der Waals surface area contributed by atoms with E-state index >= 15 is 0 Å². The smallest absolute Gasteiger partial charge is 0.497 e. The number of rotatable bonds is 13. The molecule has 0 aromatic heterocycles. The van der Waals surface area contributed by atoms with Gasteiger partial charge in [-0.15, -0.1) is 12.3 Å². The fraction of sp³-hybridized carbons (Fsp3) is 0.765. The molecule has 0 bridgehead atoms. The summed E-state index contributed by atoms with van der Waals surface area (Å²) in [5.41, 5.74) is 0. The Morgan fingerprint density at radius 3 is 2.16 bits per heavy atom. The van der Waals surface area contributed by atoms with E-state index < -0.39 is 0 Å². The SMILES string of the molecule is C=[C-]CC(=O)[C@H](C)[CH-]CCCCCCCCCC.[U+2]. The Hall–Kier alpha value is 0.462. The van der Waals surface area contributed by atoms with Crippen molar-refractivity contribution in [2.24, 2.45) is 5.92 Å². The minimum absolute atomic E-state index is 0. The molecule has 0 aliphatic carbocycles. The first-order valence-corrected chi connectivity index (χ1v) is 7.58. The second kappa shape index (κ2) is 16.5. The molecule has 0 unspecified atom stereocenters. The summed E-state index contributed by atoms with van der Waals surface area (Å²) in [5.74, 6) is 0.313. The summed E-state index contributed by atoms with van der Waals surface area (Å²) < 4.78 is 0. The number of Topliss-reactive ketones (excluding diaryl/α,β-unsaturated/α-hetero) is 1. The van der Waals surface area contributed by atoms with Gasteiger partial charge >= 0.3 is 31.1 Å². The van der Waals surface area contributed by atoms with Crippen molar-refractivity contribution >= 4 is 5.78 Å². The molecule has 0 aliphatic heterocycles. The quantitative estimate of drug-likeness (QED) is 0.254. The molecular formula is C17H30OU. The van der Waals surface area contributed by atoms with Gasteiger partial charge in [0.2, 0.25) is 0 Å². The summed E-state index contributed by atoms with van der Waals surface area (Å²) in [4.78, 5) is 11.5. The van der Waals surface area contributed by atoms with Crippen molar-refractivity contribution in [3.8, 4) is 0 Å². The Morgan fingerprint density at radius 1 is 1.11 bits per heavy atom. The molecule has 0 saturated carbocycles. The Kier molecular flexibility index (Phi) is 18.9. The standard InChI is InChI=1S/C17H30O.U/c1-4-6-7-8-9-10-11-12-13-15-16(3)17(18)14-5-2;/h15-16H,2,4,6-14H2,1,3H3;/q-2;+2/t16-;/m1./s1. The van der Waals surface area contributed by atoms with E-state index in [2.05, 4.69) is 26.0 Å². The number of hydrogen-bond acceptors (Lipinski definition) is 1. The first kappa shape index (κ1) is 21.8. The third-order valence-electron chi connectivity index (χ3n) is 3.38. The summed E-state index contributed by atoms with van der Waals surface area (Å²) in [7, 11) is 0. The van der Waals surface area contributed by atoms with Gasteiger partial charge in [-0.1, -0.05) is 65.2 Å². The molecule has 0 aromatic carbocycles. The molecule has 0 N–H and O–H groups in total. The van der Waals surface area contributed by atoms with Crippen LogP contribution in [0.5, 0.6) is 0 Å². The zero-order chi connectivity index (χ0) is 13.6. The molecule has 0 amide bonds. The maximum absolute atomic E-state index is 11.5. The number of ketones is 1. The molecule has 0 radical (unpaired) electrons. The van der Waals surface area contributed by atoms with Crippen molar-refractivity contribution in [3.05, 3.63) is 19.1 Å². The van der Waals surface area contributed by atoms with Crippen molar-refractivity contribution in [2.75, 3.05) is 0 Å². The Bertz CT molecular complexity index is 213. The van der Waals surface area contributed by atoms with Crippen LogP contribution in [0.25, 0.3) is 0 Å². The van der Waals surface area contributed by atoms with Gasteiger partial charge in [-0.2, -0.15) is 6.42 Å². The van der Waals surface area contributed by atoms with Crippen LogP contribution in [0.2, 0.25) is 0 Å². The van der Waals surface area contributed by atoms with Gasteiger partial charge in [0.15, 0.2) is 0 Å². The summed E-state index contributed by atoms with van der Waals surface area (Å²) in [6.45, 7) is 7.70. The fourth-order valence-corrected chi connectivity index (χ4v) is 2.06. The predicted octanol–water partition coefficient (Wildman–Crippen LogP) is 5.31. The molecule has 0 fully saturated rings. The van der Waals surface area contributed by atoms with Gasteiger partial charge in [-0.3, -0.25) is 6.58 Å². The molecule has 0 aromatic rings. The van der Waals surface area contributed by atoms with E-state index in [0.717, 1.165) is 6.42 Å². The van der Waals surface area contributed by atoms with E-state index in [1.54, 1.807) is 0 Å². The van der Waals surface area contributed by atoms with E-state index in [0.29, 0.717) is 6.42 Å². The first-order valence-electron chi connectivity index (χ1n) is 7.58. The maximum Gasteiger partial charge on any atom is 2.00 e. The van der Waals surface area contributed by atoms with Crippen LogP contribution in [-0.4, -0.2) is 5.78 Å². The van der Waals surface area contributed by atoms with E-state index in [4.69, 9.17) is 0 Å². The molecule has 1 atom stereocenters. The van der Waals surface area contributed by atoms with Crippen molar-refractivity contribution < 1.29 is 35.9 Å². The molecule has 0 aliphatic rings. The number of carbonyl (C=O) groups is 1. The average molecular weight is 488 g/mol. The Labute approximate surface area is 144 Å². The van der Waals surface area contributed by atoms with Crippen molar-refractivity contribution in [1.82, 2.24) is 0 Å². The maximum atomic E-state index is 11.5. The Morgan fingerprint density at radius 2 is 1.63 bits per heavy atom. The van der Waals surface area contributed by atoms with E-state index in [1.807, 2.05) is 6.92 Å². The third kappa shape index (κ3) is 14.7. The summed E-state index contributed by atoms with van der Waals surface area (Å²) >= 11 is 0. The van der Waals surface area contributed by atoms with Gasteiger partial charge in [-0.05, 0) is 0 Å². The van der Waals surface area contributed by atoms with Gasteiger partial charge < -0.3 is 17.3 Å². The minimum atomic E-state index is 0. The molecule has 0 saturated heterocycles. The van der Waals surface area contributed by atoms with Crippen LogP contribution in [0.3, 0.4) is 0 Å². The van der Waals surface area contributed by atoms with Crippen molar-refractivity contribution in [1.29, 1.82) is 0 Å². The number of unbranched alkanes of at least 4 members (excludes halogenated alkanes) is 8. The van der Waals surface area contributed by atoms with Gasteiger partial charge in [0.25, 0.3) is 0 Å². The first-order chi connectivity index (χ1) is 8.72. The normalized spacial score (nSPS) is 11.7. The summed E-state index contributed by atoms with van der Waals surface area (Å²) in [6.07, 6.45) is 17.0. The molecule has 0 heterocycles. The average Bonchev–Trinajstić information content (AvgIpc) is 2.36. The fourth-order valence-electron chi connectivity index (χ4n) is 2.06. The van der Waals surface area contributed by atoms with E-state index in [1.165, 1.54) is 51.4 Å². The van der Waals surface area contributed by atoms with Crippen LogP contribution in [0.4, 0.5) is 0 Å². The second-order valence-electron chi connectivity index (χ2n) is 5.18. The molecule has 0 rings (SSSR count). The van der Waals surface area contributed by atoms with Gasteiger partial charge in [0, 0.05) is 0 Å². The van der Waals surface area contributed by atoms with Crippen molar-refractivity contribution in [2.45, 2.75) is 78.1 Å². The van der Waals surface area contributed by atoms with Crippen LogP contribution in [-0.2, 0) is 4.79 Å². The molecule has 19 heavy (non-hydrogen) atoms. The van der Waals surface area contributed by atoms with Crippen LogP contribution < -0.4 is 0 Å². The molecule has 2 heteroatoms. The number of allylic oxidation sites excluding steroid dienone is 1. The van der Waals surface area contributed by atoms with Crippen LogP contribution in [0.15, 0.2) is 6.58 Å². The number of hydrogen-bond donors (Lipinski definition) is 0. The molecule has 0 spiro atoms. The second-order valence-corrected chi connectivity index (χ2v) is 5.18. The zero-order valence-electron chi connectivity index (χ0n) is 12.8. The minimum Gasteiger partial charge on any atom is -0.497 e. The van der Waals surface area contributed by atoms with Crippen LogP contribution >= 0.6 is 0 Å². The van der Waals surface area contributed by atoms with E-state index in [-0.39, 0.29) is 42.8 Å². The molecule has 108 valence electrons. The van der Waals surface area contributed by atoms with Crippen molar-refractivity contribution in [3.63, 3.8) is 0 Å². The van der Waals surface area contributed by atoms with E-state index in [9.17, 15) is 4.79 Å². The van der Waals surface area contributed by atoms with Gasteiger partial charge in [0.05, 0.1) is 5.78 Å². The number of carbonyl (C=O) groups excluding carboxylic acids is 1. The van der Waals surface area contributed by atoms with Gasteiger partial charge in [-0.25, -0.2) is 0 Å². The zero-order valence-corrected chi connectivity index (χ0v) is 17.0. The largest absolute Gasteiger partial charge is 2.00 e. The monoisotopic (exact) mass is 488 g/mol. The Balaban J connectivity index is 0. The topological polar surface area (TPSA) is 17.1 Å². The third-order valence-corrected chi connectivity index (χ3v) is 3.38. The summed E-state index contributed by atoms with van der Waals surface area (Å²) in [5, 5.41) is 0. The van der Waals surface area contributed by atoms with Crippen LogP contribution in [0, 0.1) is 49.5 Å². The summed E-state index contributed by atoms with van der Waals surface area (Å²) in [6, 6.07) is 0. The van der Waals surface area contributed by atoms with Crippen LogP contribution in [0.1, 0.15) is 78.1 Å².